The molecule has 0 radical (unpaired) electrons. The highest BCUT2D eigenvalue weighted by Gasteiger charge is 2.07. The Kier molecular flexibility index (Phi) is 4.03. The second kappa shape index (κ2) is 5.07. The molecule has 0 spiro atoms. The molecule has 0 aliphatic carbocycles. The lowest BCUT2D eigenvalue weighted by molar-refractivity contribution is 0.624. The van der Waals surface area contributed by atoms with E-state index in [1.165, 1.54) is 6.07 Å². The summed E-state index contributed by atoms with van der Waals surface area (Å²) in [6.07, 6.45) is 1.02. The summed E-state index contributed by atoms with van der Waals surface area (Å²) in [4.78, 5) is 2.09. The van der Waals surface area contributed by atoms with Crippen molar-refractivity contribution in [2.75, 3.05) is 18.5 Å². The number of nitrogens with two attached hydrogens (primary N) is 1. The third kappa shape index (κ3) is 2.89. The van der Waals surface area contributed by atoms with E-state index >= 15 is 0 Å². The molecule has 1 aromatic rings. The number of hydrogen-bond acceptors (Lipinski definition) is 2. The van der Waals surface area contributed by atoms with Gasteiger partial charge >= 0.3 is 0 Å². The van der Waals surface area contributed by atoms with Crippen LogP contribution in [0.25, 0.3) is 0 Å². The largest absolute Gasteiger partial charge is 0.389 e. The highest BCUT2D eigenvalue weighted by molar-refractivity contribution is 7.80. The van der Waals surface area contributed by atoms with Gasteiger partial charge in [-0.05, 0) is 24.6 Å². The van der Waals surface area contributed by atoms with Crippen LogP contribution in [-0.4, -0.2) is 18.6 Å². The Hall–Kier alpha value is -1.16. The number of hydrogen-bond donors (Lipinski definition) is 1. The van der Waals surface area contributed by atoms with Gasteiger partial charge in [0.1, 0.15) is 10.8 Å². The van der Waals surface area contributed by atoms with Gasteiger partial charge in [-0.2, -0.15) is 0 Å². The average Bonchev–Trinajstić information content (AvgIpc) is 2.17. The molecule has 0 heterocycles. The summed E-state index contributed by atoms with van der Waals surface area (Å²) in [6, 6.07) is 4.91. The van der Waals surface area contributed by atoms with Gasteiger partial charge in [0.05, 0.1) is 0 Å². The first-order chi connectivity index (χ1) is 7.06. The number of halogens is 1. The monoisotopic (exact) mass is 226 g/mol. The van der Waals surface area contributed by atoms with Crippen molar-refractivity contribution in [1.29, 1.82) is 0 Å². The van der Waals surface area contributed by atoms with Crippen LogP contribution in [0, 0.1) is 5.82 Å². The van der Waals surface area contributed by atoms with Gasteiger partial charge in [0.25, 0.3) is 0 Å². The second-order valence-corrected chi connectivity index (χ2v) is 3.89. The molecule has 0 saturated heterocycles. The molecule has 1 rings (SSSR count). The predicted octanol–water partition coefficient (Wildman–Crippen LogP) is 2.31. The second-order valence-electron chi connectivity index (χ2n) is 3.45. The van der Waals surface area contributed by atoms with Crippen LogP contribution in [0.1, 0.15) is 18.9 Å². The van der Waals surface area contributed by atoms with Crippen LogP contribution in [0.15, 0.2) is 18.2 Å². The Balaban J connectivity index is 2.96. The molecule has 0 fully saturated rings. The standard InChI is InChI=1S/C11H15FN2S/c1-3-6-14(2)8-4-5-9(11(13)15)10(12)7-8/h4-5,7H,3,6H2,1-2H3,(H2,13,15). The summed E-state index contributed by atoms with van der Waals surface area (Å²) in [6.45, 7) is 2.97. The molecule has 0 amide bonds. The van der Waals surface area contributed by atoms with Crippen LogP contribution < -0.4 is 10.6 Å². The Bertz CT molecular complexity index is 366. The Morgan fingerprint density at radius 1 is 1.53 bits per heavy atom. The van der Waals surface area contributed by atoms with Crippen molar-refractivity contribution in [1.82, 2.24) is 0 Å². The van der Waals surface area contributed by atoms with E-state index in [0.717, 1.165) is 18.7 Å². The topological polar surface area (TPSA) is 29.3 Å². The Morgan fingerprint density at radius 2 is 2.20 bits per heavy atom. The fourth-order valence-corrected chi connectivity index (χ4v) is 1.57. The number of nitrogens with zero attached hydrogens (tertiary/aromatic N) is 1. The molecule has 0 aromatic heterocycles. The maximum Gasteiger partial charge on any atom is 0.135 e. The summed E-state index contributed by atoms with van der Waals surface area (Å²) in [5.74, 6) is -0.358. The normalized spacial score (nSPS) is 10.1. The quantitative estimate of drug-likeness (QED) is 0.799. The highest BCUT2D eigenvalue weighted by Crippen LogP contribution is 2.17. The maximum atomic E-state index is 13.5. The summed E-state index contributed by atoms with van der Waals surface area (Å²) < 4.78 is 13.5. The number of benzene rings is 1. The van der Waals surface area contributed by atoms with E-state index in [1.807, 2.05) is 18.0 Å². The molecule has 0 atom stereocenters. The van der Waals surface area contributed by atoms with Gasteiger partial charge in [-0.15, -0.1) is 0 Å². The van der Waals surface area contributed by atoms with Gasteiger partial charge in [-0.1, -0.05) is 19.1 Å². The summed E-state index contributed by atoms with van der Waals surface area (Å²) in [7, 11) is 1.93. The lowest BCUT2D eigenvalue weighted by Gasteiger charge is -2.18. The molecule has 0 aliphatic rings. The van der Waals surface area contributed by atoms with E-state index in [9.17, 15) is 4.39 Å². The van der Waals surface area contributed by atoms with Crippen LogP contribution >= 0.6 is 12.2 Å². The Labute approximate surface area is 94.9 Å². The van der Waals surface area contributed by atoms with Crippen LogP contribution in [0.5, 0.6) is 0 Å². The van der Waals surface area contributed by atoms with E-state index in [2.05, 4.69) is 6.92 Å². The van der Waals surface area contributed by atoms with Crippen molar-refractivity contribution in [3.05, 3.63) is 29.6 Å². The SMILES string of the molecule is CCCN(C)c1ccc(C(N)=S)c(F)c1. The van der Waals surface area contributed by atoms with Gasteiger partial charge in [0.15, 0.2) is 0 Å². The van der Waals surface area contributed by atoms with Crippen LogP contribution in [0.2, 0.25) is 0 Å². The minimum absolute atomic E-state index is 0.0946. The van der Waals surface area contributed by atoms with E-state index in [1.54, 1.807) is 6.07 Å². The van der Waals surface area contributed by atoms with Gasteiger partial charge in [-0.25, -0.2) is 4.39 Å². The zero-order valence-electron chi connectivity index (χ0n) is 8.96. The molecule has 0 saturated carbocycles. The summed E-state index contributed by atoms with van der Waals surface area (Å²) >= 11 is 4.73. The van der Waals surface area contributed by atoms with Crippen LogP contribution in [-0.2, 0) is 0 Å². The molecule has 15 heavy (non-hydrogen) atoms. The van der Waals surface area contributed by atoms with Crippen molar-refractivity contribution in [2.45, 2.75) is 13.3 Å². The van der Waals surface area contributed by atoms with E-state index in [0.29, 0.717) is 5.56 Å². The first kappa shape index (κ1) is 11.9. The van der Waals surface area contributed by atoms with Gasteiger partial charge in [0.2, 0.25) is 0 Å². The van der Waals surface area contributed by atoms with Crippen molar-refractivity contribution in [3.63, 3.8) is 0 Å². The molecule has 0 aliphatic heterocycles. The fraction of sp³-hybridized carbons (Fsp3) is 0.364. The maximum absolute atomic E-state index is 13.5. The van der Waals surface area contributed by atoms with Crippen LogP contribution in [0.4, 0.5) is 10.1 Å². The van der Waals surface area contributed by atoms with Gasteiger partial charge in [0, 0.05) is 24.8 Å². The molecular weight excluding hydrogens is 211 g/mol. The zero-order chi connectivity index (χ0) is 11.4. The minimum Gasteiger partial charge on any atom is -0.389 e. The molecule has 4 heteroatoms. The summed E-state index contributed by atoms with van der Waals surface area (Å²) in [5.41, 5.74) is 6.52. The Morgan fingerprint density at radius 3 is 2.67 bits per heavy atom. The van der Waals surface area contributed by atoms with E-state index in [-0.39, 0.29) is 10.8 Å². The molecule has 1 aromatic carbocycles. The smallest absolute Gasteiger partial charge is 0.135 e. The van der Waals surface area contributed by atoms with Crippen molar-refractivity contribution in [2.24, 2.45) is 5.73 Å². The highest BCUT2D eigenvalue weighted by atomic mass is 32.1. The zero-order valence-corrected chi connectivity index (χ0v) is 9.77. The molecule has 82 valence electrons. The predicted molar refractivity (Wildman–Crippen MR) is 65.8 cm³/mol. The molecule has 0 bridgehead atoms. The number of anilines is 1. The fourth-order valence-electron chi connectivity index (χ4n) is 1.41. The molecule has 2 nitrogen and oxygen atoms in total. The first-order valence-electron chi connectivity index (χ1n) is 4.86. The lowest BCUT2D eigenvalue weighted by atomic mass is 10.2. The van der Waals surface area contributed by atoms with Crippen molar-refractivity contribution >= 4 is 22.9 Å². The third-order valence-corrected chi connectivity index (χ3v) is 2.44. The summed E-state index contributed by atoms with van der Waals surface area (Å²) in [5, 5.41) is 0. The number of rotatable bonds is 4. The minimum atomic E-state index is -0.358. The van der Waals surface area contributed by atoms with Gasteiger partial charge in [-0.3, -0.25) is 0 Å². The van der Waals surface area contributed by atoms with Gasteiger partial charge < -0.3 is 10.6 Å². The first-order valence-corrected chi connectivity index (χ1v) is 5.27. The van der Waals surface area contributed by atoms with Crippen molar-refractivity contribution < 1.29 is 4.39 Å². The lowest BCUT2D eigenvalue weighted by Crippen LogP contribution is -2.19. The van der Waals surface area contributed by atoms with E-state index < -0.39 is 0 Å². The van der Waals surface area contributed by atoms with Crippen molar-refractivity contribution in [3.8, 4) is 0 Å². The molecule has 2 N–H and O–H groups in total. The van der Waals surface area contributed by atoms with E-state index in [4.69, 9.17) is 18.0 Å². The van der Waals surface area contributed by atoms with Crippen LogP contribution in [0.3, 0.4) is 0 Å². The average molecular weight is 226 g/mol. The molecule has 0 unspecified atom stereocenters. The third-order valence-electron chi connectivity index (χ3n) is 2.22. The molecular formula is C11H15FN2S. The number of thiocarbonyl (C=S) groups is 1.